The third kappa shape index (κ3) is 3.38. The van der Waals surface area contributed by atoms with Gasteiger partial charge in [0.1, 0.15) is 5.75 Å². The van der Waals surface area contributed by atoms with Gasteiger partial charge in [0.15, 0.2) is 5.65 Å². The maximum atomic E-state index is 13.1. The van der Waals surface area contributed by atoms with Crippen molar-refractivity contribution in [2.45, 2.75) is 11.3 Å². The first kappa shape index (κ1) is 17.4. The molecule has 3 aromatic rings. The van der Waals surface area contributed by atoms with Crippen molar-refractivity contribution in [2.24, 2.45) is 0 Å². The van der Waals surface area contributed by atoms with E-state index in [2.05, 4.69) is 9.88 Å². The Kier molecular flexibility index (Phi) is 4.78. The number of ether oxygens (including phenoxy) is 1. The molecule has 0 fully saturated rings. The zero-order valence-corrected chi connectivity index (χ0v) is 15.3. The number of likely N-dealkylation sites (N-methyl/N-ethyl adjacent to an activating group) is 1. The molecular formula is C18H21N3O3S. The van der Waals surface area contributed by atoms with Crippen molar-refractivity contribution >= 4 is 21.1 Å². The van der Waals surface area contributed by atoms with Crippen molar-refractivity contribution < 1.29 is 13.2 Å². The molecule has 0 atom stereocenters. The molecule has 25 heavy (non-hydrogen) atoms. The molecule has 6 nitrogen and oxygen atoms in total. The number of nitrogens with zero attached hydrogens (tertiary/aromatic N) is 3. The molecule has 0 spiro atoms. The Balaban J connectivity index is 2.10. The fourth-order valence-corrected chi connectivity index (χ4v) is 4.03. The highest BCUT2D eigenvalue weighted by atomic mass is 32.2. The van der Waals surface area contributed by atoms with E-state index in [1.54, 1.807) is 43.8 Å². The number of rotatable bonds is 6. The number of methoxy groups -OCH3 is 1. The highest BCUT2D eigenvalue weighted by Crippen LogP contribution is 2.26. The Bertz CT molecular complexity index is 976. The van der Waals surface area contributed by atoms with Gasteiger partial charge in [0, 0.05) is 24.3 Å². The molecule has 1 aromatic carbocycles. The van der Waals surface area contributed by atoms with Crippen molar-refractivity contribution in [1.82, 2.24) is 13.9 Å². The van der Waals surface area contributed by atoms with E-state index >= 15 is 0 Å². The molecule has 3 rings (SSSR count). The average molecular weight is 359 g/mol. The predicted octanol–water partition coefficient (Wildman–Crippen LogP) is 2.39. The van der Waals surface area contributed by atoms with E-state index in [0.29, 0.717) is 11.4 Å². The molecule has 0 aliphatic carbocycles. The highest BCUT2D eigenvalue weighted by Gasteiger charge is 2.22. The van der Waals surface area contributed by atoms with Crippen LogP contribution in [0.1, 0.15) is 5.56 Å². The first-order chi connectivity index (χ1) is 11.9. The molecule has 0 saturated heterocycles. The first-order valence-corrected chi connectivity index (χ1v) is 9.37. The molecule has 0 aliphatic rings. The van der Waals surface area contributed by atoms with Crippen molar-refractivity contribution in [3.05, 3.63) is 54.4 Å². The topological polar surface area (TPSA) is 64.4 Å². The fourth-order valence-electron chi connectivity index (χ4n) is 2.68. The van der Waals surface area contributed by atoms with Crippen LogP contribution in [0.25, 0.3) is 11.0 Å². The van der Waals surface area contributed by atoms with Gasteiger partial charge in [0.2, 0.25) is 0 Å². The molecular weight excluding hydrogens is 338 g/mol. The van der Waals surface area contributed by atoms with Crippen LogP contribution in [0.2, 0.25) is 0 Å². The lowest BCUT2D eigenvalue weighted by Crippen LogP contribution is -2.15. The van der Waals surface area contributed by atoms with Gasteiger partial charge in [-0.05, 0) is 62.5 Å². The zero-order chi connectivity index (χ0) is 18.0. The summed E-state index contributed by atoms with van der Waals surface area (Å²) in [5.41, 5.74) is 1.42. The van der Waals surface area contributed by atoms with E-state index in [1.165, 1.54) is 3.97 Å². The minimum Gasteiger partial charge on any atom is -0.497 e. The van der Waals surface area contributed by atoms with Crippen LogP contribution in [0.15, 0.2) is 53.7 Å². The summed E-state index contributed by atoms with van der Waals surface area (Å²) in [6.45, 7) is 0.830. The van der Waals surface area contributed by atoms with Gasteiger partial charge in [-0.1, -0.05) is 0 Å². The summed E-state index contributed by atoms with van der Waals surface area (Å²) in [6.07, 6.45) is 4.04. The Morgan fingerprint density at radius 2 is 1.88 bits per heavy atom. The lowest BCUT2D eigenvalue weighted by molar-refractivity contribution is 0.414. The Morgan fingerprint density at radius 3 is 2.52 bits per heavy atom. The van der Waals surface area contributed by atoms with Gasteiger partial charge in [0.05, 0.1) is 12.0 Å². The second-order valence-electron chi connectivity index (χ2n) is 6.06. The summed E-state index contributed by atoms with van der Waals surface area (Å²) in [6, 6.07) is 10.1. The maximum Gasteiger partial charge on any atom is 0.269 e. The van der Waals surface area contributed by atoms with Gasteiger partial charge in [-0.2, -0.15) is 0 Å². The molecule has 0 saturated carbocycles. The normalized spacial score (nSPS) is 12.0. The minimum absolute atomic E-state index is 0.204. The van der Waals surface area contributed by atoms with Gasteiger partial charge in [-0.25, -0.2) is 17.4 Å². The van der Waals surface area contributed by atoms with Gasteiger partial charge in [0.25, 0.3) is 10.0 Å². The SMILES string of the molecule is COc1ccc(S(=O)(=O)n2cc(CCN(C)C)c3cccnc32)cc1. The Morgan fingerprint density at radius 1 is 1.16 bits per heavy atom. The molecule has 7 heteroatoms. The van der Waals surface area contributed by atoms with Crippen molar-refractivity contribution in [1.29, 1.82) is 0 Å². The van der Waals surface area contributed by atoms with E-state index < -0.39 is 10.0 Å². The molecule has 132 valence electrons. The van der Waals surface area contributed by atoms with Crippen LogP contribution in [0.3, 0.4) is 0 Å². The second kappa shape index (κ2) is 6.85. The maximum absolute atomic E-state index is 13.1. The molecule has 0 unspecified atom stereocenters. The summed E-state index contributed by atoms with van der Waals surface area (Å²) in [4.78, 5) is 6.57. The summed E-state index contributed by atoms with van der Waals surface area (Å²) in [5.74, 6) is 0.612. The van der Waals surface area contributed by atoms with Gasteiger partial charge in [-0.3, -0.25) is 0 Å². The molecule has 2 heterocycles. The summed E-state index contributed by atoms with van der Waals surface area (Å²) in [7, 11) is 1.81. The van der Waals surface area contributed by atoms with Crippen LogP contribution < -0.4 is 4.74 Å². The molecule has 0 amide bonds. The third-order valence-electron chi connectivity index (χ3n) is 4.06. The molecule has 0 aliphatic heterocycles. The Labute approximate surface area is 147 Å². The molecule has 0 radical (unpaired) electrons. The lowest BCUT2D eigenvalue weighted by Gasteiger charge is -2.08. The van der Waals surface area contributed by atoms with E-state index in [0.717, 1.165) is 23.9 Å². The number of pyridine rings is 1. The van der Waals surface area contributed by atoms with Gasteiger partial charge >= 0.3 is 0 Å². The average Bonchev–Trinajstić information content (AvgIpc) is 2.99. The van der Waals surface area contributed by atoms with Crippen molar-refractivity contribution in [2.75, 3.05) is 27.7 Å². The quantitative estimate of drug-likeness (QED) is 0.676. The predicted molar refractivity (Wildman–Crippen MR) is 97.6 cm³/mol. The smallest absolute Gasteiger partial charge is 0.269 e. The number of aromatic nitrogens is 2. The van der Waals surface area contributed by atoms with Crippen LogP contribution in [0.5, 0.6) is 5.75 Å². The fraction of sp³-hybridized carbons (Fsp3) is 0.278. The van der Waals surface area contributed by atoms with Crippen molar-refractivity contribution in [3.63, 3.8) is 0 Å². The van der Waals surface area contributed by atoms with Crippen LogP contribution in [-0.2, 0) is 16.4 Å². The van der Waals surface area contributed by atoms with E-state index in [1.807, 2.05) is 26.2 Å². The lowest BCUT2D eigenvalue weighted by atomic mass is 10.1. The van der Waals surface area contributed by atoms with Crippen LogP contribution in [0, 0.1) is 0 Å². The Hall–Kier alpha value is -2.38. The summed E-state index contributed by atoms with van der Waals surface area (Å²) < 4.78 is 32.5. The standard InChI is InChI=1S/C18H21N3O3S/c1-20(2)12-10-14-13-21(18-17(14)5-4-11-19-18)25(22,23)16-8-6-15(24-3)7-9-16/h4-9,11,13H,10,12H2,1-3H3. The van der Waals surface area contributed by atoms with Crippen LogP contribution in [0.4, 0.5) is 0 Å². The monoisotopic (exact) mass is 359 g/mol. The molecule has 0 bridgehead atoms. The van der Waals surface area contributed by atoms with E-state index in [4.69, 9.17) is 4.74 Å². The minimum atomic E-state index is -3.72. The second-order valence-corrected chi connectivity index (χ2v) is 7.87. The van der Waals surface area contributed by atoms with Crippen LogP contribution in [-0.4, -0.2) is 50.0 Å². The number of benzene rings is 1. The van der Waals surface area contributed by atoms with Crippen LogP contribution >= 0.6 is 0 Å². The highest BCUT2D eigenvalue weighted by molar-refractivity contribution is 7.90. The van der Waals surface area contributed by atoms with Crippen molar-refractivity contribution in [3.8, 4) is 5.75 Å². The number of fused-ring (bicyclic) bond motifs is 1. The van der Waals surface area contributed by atoms with E-state index in [9.17, 15) is 8.42 Å². The molecule has 0 N–H and O–H groups in total. The van der Waals surface area contributed by atoms with Gasteiger partial charge < -0.3 is 9.64 Å². The third-order valence-corrected chi connectivity index (χ3v) is 5.72. The van der Waals surface area contributed by atoms with Gasteiger partial charge in [-0.15, -0.1) is 0 Å². The number of hydrogen-bond donors (Lipinski definition) is 0. The summed E-state index contributed by atoms with van der Waals surface area (Å²) >= 11 is 0. The number of hydrogen-bond acceptors (Lipinski definition) is 5. The largest absolute Gasteiger partial charge is 0.497 e. The summed E-state index contributed by atoms with van der Waals surface area (Å²) in [5, 5.41) is 0.862. The first-order valence-electron chi connectivity index (χ1n) is 7.93. The zero-order valence-electron chi connectivity index (χ0n) is 14.5. The van der Waals surface area contributed by atoms with E-state index in [-0.39, 0.29) is 4.90 Å². The molecule has 2 aromatic heterocycles.